The minimum atomic E-state index is -1.21. The number of nitrogens with zero attached hydrogens (tertiary/aromatic N) is 2. The number of anilines is 1. The van der Waals surface area contributed by atoms with E-state index in [1.54, 1.807) is 14.2 Å². The van der Waals surface area contributed by atoms with Gasteiger partial charge in [0.25, 0.3) is 0 Å². The van der Waals surface area contributed by atoms with Crippen molar-refractivity contribution in [3.05, 3.63) is 76.7 Å². The Bertz CT molecular complexity index is 1220. The van der Waals surface area contributed by atoms with Crippen LogP contribution in [0.4, 0.5) is 10.5 Å². The number of aliphatic carboxylic acids is 1. The molecule has 7 N–H and O–H groups in total. The summed E-state index contributed by atoms with van der Waals surface area (Å²) in [6.45, 7) is 6.28. The highest BCUT2D eigenvalue weighted by Gasteiger charge is 2.51. The summed E-state index contributed by atoms with van der Waals surface area (Å²) in [5, 5.41) is 22.6. The monoisotopic (exact) mass is 599 g/mol. The molecule has 0 aromatic heterocycles. The highest BCUT2D eigenvalue weighted by molar-refractivity contribution is 8.06. The fraction of sp³-hybridized carbons (Fsp3) is 0.484. The number of amides is 1. The van der Waals surface area contributed by atoms with Crippen molar-refractivity contribution in [1.82, 2.24) is 10.3 Å². The van der Waals surface area contributed by atoms with Gasteiger partial charge in [-0.2, -0.15) is 11.8 Å². The number of methoxy groups -OCH3 is 1. The number of piperidine rings is 1. The van der Waals surface area contributed by atoms with Gasteiger partial charge >= 0.3 is 12.1 Å². The first-order valence-electron chi connectivity index (χ1n) is 14.4. The number of benzene rings is 2. The smallest absolute Gasteiger partial charge is 0.410 e. The van der Waals surface area contributed by atoms with Crippen LogP contribution in [0, 0.1) is 5.92 Å². The van der Waals surface area contributed by atoms with E-state index in [4.69, 9.17) is 21.4 Å². The molecule has 42 heavy (non-hydrogen) atoms. The standard InChI is InChI=1S/C19H27N5O4.C10H12OS.C2H6/c1-23(21)16(22-18(27)28)15(20)12-6-10-24(11-7-12)14-4-2-13(3-5-14)19(8-9-19)17(25)26;1-11-6-8-4-2-3-5-9(8)10-7-12-10;1-2/h2-5,12,22H,6-11,20-21H2,1H3,(H,25,26)(H,27,28);2-5,10H,6-7H2,1H3;1-2H3/b16-15-;;. The lowest BCUT2D eigenvalue weighted by Crippen LogP contribution is -2.42. The lowest BCUT2D eigenvalue weighted by Gasteiger charge is -2.35. The summed E-state index contributed by atoms with van der Waals surface area (Å²) >= 11 is 2.01. The summed E-state index contributed by atoms with van der Waals surface area (Å²) in [6.07, 6.45) is 1.72. The number of ether oxygens (including phenoxy) is 1. The number of carbonyl (C=O) groups is 2. The molecule has 2 saturated heterocycles. The molecule has 0 radical (unpaired) electrons. The number of nitrogens with two attached hydrogens (primary N) is 2. The average Bonchev–Trinajstić information content (AvgIpc) is 3.92. The van der Waals surface area contributed by atoms with Crippen LogP contribution in [-0.2, 0) is 21.6 Å². The van der Waals surface area contributed by atoms with Crippen LogP contribution in [0.25, 0.3) is 0 Å². The normalized spacial score (nSPS) is 19.2. The third-order valence-corrected chi connectivity index (χ3v) is 8.69. The number of rotatable bonds is 9. The number of carboxylic acids is 1. The zero-order valence-corrected chi connectivity index (χ0v) is 25.8. The number of carboxylic acid groups (broad SMARTS) is 2. The number of thioether (sulfide) groups is 1. The third-order valence-electron chi connectivity index (χ3n) is 7.77. The van der Waals surface area contributed by atoms with Gasteiger partial charge in [0.2, 0.25) is 0 Å². The zero-order chi connectivity index (χ0) is 30.9. The minimum absolute atomic E-state index is 0.0325. The molecule has 2 aromatic carbocycles. The summed E-state index contributed by atoms with van der Waals surface area (Å²) in [6, 6.07) is 16.3. The van der Waals surface area contributed by atoms with Crippen LogP contribution in [0.15, 0.2) is 60.0 Å². The van der Waals surface area contributed by atoms with Crippen molar-refractivity contribution >= 4 is 29.5 Å². The van der Waals surface area contributed by atoms with Gasteiger partial charge in [0.05, 0.1) is 17.7 Å². The average molecular weight is 600 g/mol. The first-order valence-corrected chi connectivity index (χ1v) is 15.5. The van der Waals surface area contributed by atoms with Crippen LogP contribution in [0.3, 0.4) is 0 Å². The third kappa shape index (κ3) is 8.33. The van der Waals surface area contributed by atoms with Crippen LogP contribution in [0.2, 0.25) is 0 Å². The van der Waals surface area contributed by atoms with Gasteiger partial charge in [-0.05, 0) is 54.5 Å². The van der Waals surface area contributed by atoms with E-state index in [-0.39, 0.29) is 11.7 Å². The highest BCUT2D eigenvalue weighted by Crippen LogP contribution is 2.49. The van der Waals surface area contributed by atoms with Crippen molar-refractivity contribution in [2.75, 3.05) is 37.9 Å². The van der Waals surface area contributed by atoms with Crippen LogP contribution < -0.4 is 21.8 Å². The van der Waals surface area contributed by atoms with Crippen molar-refractivity contribution in [2.45, 2.75) is 56.8 Å². The van der Waals surface area contributed by atoms with Crippen molar-refractivity contribution in [2.24, 2.45) is 17.5 Å². The Hall–Kier alpha value is -3.41. The second-order valence-corrected chi connectivity index (χ2v) is 11.7. The number of nitrogens with one attached hydrogen (secondary N) is 1. The van der Waals surface area contributed by atoms with E-state index >= 15 is 0 Å². The number of allylic oxidation sites excluding steroid dienone is 1. The van der Waals surface area contributed by atoms with Crippen LogP contribution in [0.5, 0.6) is 0 Å². The molecule has 1 aliphatic carbocycles. The fourth-order valence-electron chi connectivity index (χ4n) is 5.21. The number of hydrogen-bond acceptors (Lipinski definition) is 8. The quantitative estimate of drug-likeness (QED) is 0.153. The van der Waals surface area contributed by atoms with E-state index in [1.807, 2.05) is 49.9 Å². The van der Waals surface area contributed by atoms with Gasteiger partial charge < -0.3 is 25.6 Å². The molecule has 0 spiro atoms. The molecule has 2 aliphatic heterocycles. The molecular weight excluding hydrogens is 554 g/mol. The Kier molecular flexibility index (Phi) is 12.0. The first kappa shape index (κ1) is 33.1. The summed E-state index contributed by atoms with van der Waals surface area (Å²) in [7, 11) is 3.29. The second-order valence-electron chi connectivity index (χ2n) is 10.5. The Balaban J connectivity index is 0.000000286. The Morgan fingerprint density at radius 3 is 2.17 bits per heavy atom. The molecule has 1 amide bonds. The lowest BCUT2D eigenvalue weighted by atomic mass is 9.92. The molecule has 0 bridgehead atoms. The van der Waals surface area contributed by atoms with Crippen molar-refractivity contribution in [3.63, 3.8) is 0 Å². The van der Waals surface area contributed by atoms with Gasteiger partial charge in [0.1, 0.15) is 5.82 Å². The van der Waals surface area contributed by atoms with E-state index < -0.39 is 17.5 Å². The molecule has 230 valence electrons. The van der Waals surface area contributed by atoms with E-state index in [9.17, 15) is 14.7 Å². The topological polar surface area (TPSA) is 154 Å². The molecule has 2 aromatic rings. The molecule has 10 nitrogen and oxygen atoms in total. The molecule has 3 aliphatic rings. The maximum atomic E-state index is 11.5. The SMILES string of the molecule is CC.CN(N)/C(NC(=O)O)=C(\N)C1CCN(c2ccc(C3(C(=O)O)CC3)cc2)CC1.COCc1ccccc1C1CS1. The lowest BCUT2D eigenvalue weighted by molar-refractivity contribution is -0.140. The van der Waals surface area contributed by atoms with Crippen molar-refractivity contribution in [3.8, 4) is 0 Å². The van der Waals surface area contributed by atoms with Gasteiger partial charge in [-0.1, -0.05) is 50.2 Å². The molecule has 5 rings (SSSR count). The highest BCUT2D eigenvalue weighted by atomic mass is 32.2. The molecule has 2 heterocycles. The van der Waals surface area contributed by atoms with E-state index in [0.29, 0.717) is 18.5 Å². The van der Waals surface area contributed by atoms with E-state index in [2.05, 4.69) is 34.5 Å². The van der Waals surface area contributed by atoms with Crippen LogP contribution >= 0.6 is 11.8 Å². The van der Waals surface area contributed by atoms with E-state index in [0.717, 1.165) is 49.0 Å². The molecule has 1 atom stereocenters. The predicted molar refractivity (Wildman–Crippen MR) is 168 cm³/mol. The summed E-state index contributed by atoms with van der Waals surface area (Å²) in [4.78, 5) is 24.6. The van der Waals surface area contributed by atoms with Crippen LogP contribution in [0.1, 0.15) is 61.5 Å². The maximum Gasteiger partial charge on any atom is 0.410 e. The zero-order valence-electron chi connectivity index (χ0n) is 25.0. The van der Waals surface area contributed by atoms with E-state index in [1.165, 1.54) is 21.9 Å². The minimum Gasteiger partial charge on any atom is -0.481 e. The molecule has 1 saturated carbocycles. The van der Waals surface area contributed by atoms with Crippen molar-refractivity contribution in [1.29, 1.82) is 0 Å². The summed E-state index contributed by atoms with van der Waals surface area (Å²) in [5.41, 5.74) is 10.7. The Labute approximate surface area is 253 Å². The maximum absolute atomic E-state index is 11.5. The van der Waals surface area contributed by atoms with Gasteiger partial charge in [-0.25, -0.2) is 10.6 Å². The Morgan fingerprint density at radius 2 is 1.69 bits per heavy atom. The van der Waals surface area contributed by atoms with Gasteiger partial charge in [-0.15, -0.1) is 0 Å². The van der Waals surface area contributed by atoms with Gasteiger partial charge in [-0.3, -0.25) is 15.1 Å². The fourth-order valence-corrected chi connectivity index (χ4v) is 5.90. The van der Waals surface area contributed by atoms with Gasteiger partial charge in [0, 0.05) is 49.9 Å². The molecular formula is C31H45N5O5S. The molecule has 3 fully saturated rings. The number of hydrogen-bond donors (Lipinski definition) is 5. The Morgan fingerprint density at radius 1 is 1.10 bits per heavy atom. The second kappa shape index (κ2) is 15.2. The summed E-state index contributed by atoms with van der Waals surface area (Å²) in [5.74, 6) is 6.47. The molecule has 1 unspecified atom stereocenters. The first-order chi connectivity index (χ1) is 20.2. The molecule has 11 heteroatoms. The van der Waals surface area contributed by atoms with Gasteiger partial charge in [0.15, 0.2) is 0 Å². The van der Waals surface area contributed by atoms with Crippen LogP contribution in [-0.4, -0.2) is 60.3 Å². The predicted octanol–water partition coefficient (Wildman–Crippen LogP) is 4.87. The summed E-state index contributed by atoms with van der Waals surface area (Å²) < 4.78 is 5.14. The number of hydrazine groups is 1. The van der Waals surface area contributed by atoms with Crippen molar-refractivity contribution < 1.29 is 24.5 Å². The largest absolute Gasteiger partial charge is 0.481 e.